The molecule has 2 aromatic heterocycles. The Kier molecular flexibility index (Phi) is 3.38. The molecule has 4 heteroatoms. The molecule has 2 heterocycles. The van der Waals surface area contributed by atoms with E-state index in [2.05, 4.69) is 30.0 Å². The number of rotatable bonds is 3. The fourth-order valence-corrected chi connectivity index (χ4v) is 4.33. The van der Waals surface area contributed by atoms with Gasteiger partial charge in [0.2, 0.25) is 0 Å². The molecule has 2 rings (SSSR count). The fraction of sp³-hybridized carbons (Fsp3) is 0.273. The van der Waals surface area contributed by atoms with Gasteiger partial charge in [0.25, 0.3) is 0 Å². The molecule has 2 aromatic rings. The first-order valence-corrected chi connectivity index (χ1v) is 7.74. The third-order valence-electron chi connectivity index (χ3n) is 2.35. The lowest BCUT2D eigenvalue weighted by Crippen LogP contribution is -1.87. The van der Waals surface area contributed by atoms with Crippen molar-refractivity contribution in [3.05, 3.63) is 22.4 Å². The standard InChI is InChI=1S/C11H13NS3/c1-3-8-9(7-4-5-14-6-7)10(12)15-11(8)13-2/h4-6H,3,12H2,1-2H3. The predicted octanol–water partition coefficient (Wildman–Crippen LogP) is 4.34. The van der Waals surface area contributed by atoms with Crippen LogP contribution in [0.2, 0.25) is 0 Å². The molecule has 0 atom stereocenters. The van der Waals surface area contributed by atoms with Gasteiger partial charge in [0.05, 0.1) is 9.21 Å². The van der Waals surface area contributed by atoms with Crippen molar-refractivity contribution in [1.29, 1.82) is 0 Å². The molecule has 1 nitrogen and oxygen atoms in total. The quantitative estimate of drug-likeness (QED) is 0.825. The minimum Gasteiger partial charge on any atom is -0.390 e. The zero-order valence-electron chi connectivity index (χ0n) is 8.74. The molecule has 0 aliphatic rings. The number of nitrogens with two attached hydrogens (primary N) is 1. The van der Waals surface area contributed by atoms with Gasteiger partial charge in [0.1, 0.15) is 0 Å². The first-order valence-electron chi connectivity index (χ1n) is 4.75. The summed E-state index contributed by atoms with van der Waals surface area (Å²) in [5, 5.41) is 5.22. The smallest absolute Gasteiger partial charge is 0.0951 e. The second-order valence-corrected chi connectivity index (χ2v) is 6.08. The van der Waals surface area contributed by atoms with E-state index in [0.29, 0.717) is 0 Å². The average molecular weight is 255 g/mol. The molecular weight excluding hydrogens is 242 g/mol. The van der Waals surface area contributed by atoms with Gasteiger partial charge in [0, 0.05) is 5.56 Å². The highest BCUT2D eigenvalue weighted by molar-refractivity contribution is 8.00. The summed E-state index contributed by atoms with van der Waals surface area (Å²) in [5.41, 5.74) is 10.0. The molecule has 0 fully saturated rings. The van der Waals surface area contributed by atoms with E-state index in [0.717, 1.165) is 11.4 Å². The Morgan fingerprint density at radius 3 is 2.80 bits per heavy atom. The molecule has 0 saturated heterocycles. The fourth-order valence-electron chi connectivity index (χ4n) is 1.67. The minimum absolute atomic E-state index is 0.953. The number of hydrogen-bond acceptors (Lipinski definition) is 4. The molecule has 2 N–H and O–H groups in total. The topological polar surface area (TPSA) is 26.0 Å². The van der Waals surface area contributed by atoms with Crippen molar-refractivity contribution < 1.29 is 0 Å². The molecule has 0 spiro atoms. The Bertz CT molecular complexity index is 443. The van der Waals surface area contributed by atoms with Crippen LogP contribution >= 0.6 is 34.4 Å². The second-order valence-electron chi connectivity index (χ2n) is 3.18. The van der Waals surface area contributed by atoms with Gasteiger partial charge in [-0.15, -0.1) is 23.1 Å². The normalized spacial score (nSPS) is 10.8. The maximum atomic E-state index is 6.09. The minimum atomic E-state index is 0.953. The van der Waals surface area contributed by atoms with E-state index in [9.17, 15) is 0 Å². The van der Waals surface area contributed by atoms with Crippen molar-refractivity contribution in [2.24, 2.45) is 0 Å². The Labute approximate surface area is 102 Å². The van der Waals surface area contributed by atoms with Crippen molar-refractivity contribution in [2.45, 2.75) is 17.6 Å². The van der Waals surface area contributed by atoms with Crippen LogP contribution in [0, 0.1) is 0 Å². The van der Waals surface area contributed by atoms with Gasteiger partial charge in [0.15, 0.2) is 0 Å². The maximum Gasteiger partial charge on any atom is 0.0951 e. The summed E-state index contributed by atoms with van der Waals surface area (Å²) in [4.78, 5) is 0. The van der Waals surface area contributed by atoms with E-state index in [4.69, 9.17) is 5.73 Å². The number of anilines is 1. The molecule has 0 radical (unpaired) electrons. The van der Waals surface area contributed by atoms with Crippen LogP contribution in [-0.4, -0.2) is 6.26 Å². The van der Waals surface area contributed by atoms with Gasteiger partial charge < -0.3 is 5.73 Å². The summed E-state index contributed by atoms with van der Waals surface area (Å²) >= 11 is 5.22. The van der Waals surface area contributed by atoms with E-state index in [1.165, 1.54) is 20.9 Å². The highest BCUT2D eigenvalue weighted by Crippen LogP contribution is 2.43. The molecule has 0 aliphatic carbocycles. The van der Waals surface area contributed by atoms with Crippen LogP contribution < -0.4 is 5.73 Å². The van der Waals surface area contributed by atoms with Crippen LogP contribution in [0.4, 0.5) is 5.00 Å². The lowest BCUT2D eigenvalue weighted by atomic mass is 10.1. The van der Waals surface area contributed by atoms with Crippen LogP contribution in [0.1, 0.15) is 12.5 Å². The van der Waals surface area contributed by atoms with Crippen LogP contribution in [0.5, 0.6) is 0 Å². The Balaban J connectivity index is 2.59. The van der Waals surface area contributed by atoms with Crippen LogP contribution in [0.3, 0.4) is 0 Å². The molecule has 80 valence electrons. The number of thiophene rings is 2. The SMILES string of the molecule is CCc1c(SC)sc(N)c1-c1ccsc1. The molecule has 0 amide bonds. The molecule has 0 unspecified atom stereocenters. The van der Waals surface area contributed by atoms with Gasteiger partial charge in [-0.3, -0.25) is 0 Å². The van der Waals surface area contributed by atoms with Crippen molar-refractivity contribution >= 4 is 39.4 Å². The first-order chi connectivity index (χ1) is 7.27. The Hall–Kier alpha value is -0.450. The number of hydrogen-bond donors (Lipinski definition) is 1. The summed E-state index contributed by atoms with van der Waals surface area (Å²) in [6.45, 7) is 2.19. The van der Waals surface area contributed by atoms with Gasteiger partial charge >= 0.3 is 0 Å². The van der Waals surface area contributed by atoms with Crippen molar-refractivity contribution in [2.75, 3.05) is 12.0 Å². The van der Waals surface area contributed by atoms with Gasteiger partial charge in [-0.2, -0.15) is 11.3 Å². The zero-order chi connectivity index (χ0) is 10.8. The highest BCUT2D eigenvalue weighted by atomic mass is 32.2. The summed E-state index contributed by atoms with van der Waals surface area (Å²) < 4.78 is 1.36. The number of nitrogen functional groups attached to an aromatic ring is 1. The Morgan fingerprint density at radius 2 is 2.27 bits per heavy atom. The second kappa shape index (κ2) is 4.60. The van der Waals surface area contributed by atoms with E-state index in [1.807, 2.05) is 0 Å². The van der Waals surface area contributed by atoms with Crippen molar-refractivity contribution in [3.8, 4) is 11.1 Å². The third kappa shape index (κ3) is 1.94. The van der Waals surface area contributed by atoms with E-state index >= 15 is 0 Å². The zero-order valence-corrected chi connectivity index (χ0v) is 11.2. The van der Waals surface area contributed by atoms with Gasteiger partial charge in [-0.25, -0.2) is 0 Å². The van der Waals surface area contributed by atoms with Crippen LogP contribution in [0.25, 0.3) is 11.1 Å². The van der Waals surface area contributed by atoms with E-state index in [1.54, 1.807) is 34.4 Å². The first kappa shape index (κ1) is 11.0. The molecule has 0 aliphatic heterocycles. The van der Waals surface area contributed by atoms with Gasteiger partial charge in [-0.05, 0) is 40.6 Å². The monoisotopic (exact) mass is 255 g/mol. The molecule has 0 aromatic carbocycles. The summed E-state index contributed by atoms with van der Waals surface area (Å²) in [6, 6.07) is 2.15. The molecular formula is C11H13NS3. The van der Waals surface area contributed by atoms with Crippen molar-refractivity contribution in [3.63, 3.8) is 0 Å². The van der Waals surface area contributed by atoms with Crippen molar-refractivity contribution in [1.82, 2.24) is 0 Å². The molecule has 15 heavy (non-hydrogen) atoms. The maximum absolute atomic E-state index is 6.09. The van der Waals surface area contributed by atoms with Gasteiger partial charge in [-0.1, -0.05) is 6.92 Å². The van der Waals surface area contributed by atoms with E-state index < -0.39 is 0 Å². The predicted molar refractivity (Wildman–Crippen MR) is 73.2 cm³/mol. The third-order valence-corrected chi connectivity index (χ3v) is 5.25. The number of thioether (sulfide) groups is 1. The highest BCUT2D eigenvalue weighted by Gasteiger charge is 2.16. The summed E-state index contributed by atoms with van der Waals surface area (Å²) in [7, 11) is 0. The van der Waals surface area contributed by atoms with E-state index in [-0.39, 0.29) is 0 Å². The van der Waals surface area contributed by atoms with Crippen LogP contribution in [0.15, 0.2) is 21.0 Å². The Morgan fingerprint density at radius 1 is 1.47 bits per heavy atom. The van der Waals surface area contributed by atoms with Crippen LogP contribution in [-0.2, 0) is 6.42 Å². The largest absolute Gasteiger partial charge is 0.390 e. The lowest BCUT2D eigenvalue weighted by molar-refractivity contribution is 1.12. The average Bonchev–Trinajstić information content (AvgIpc) is 2.83. The molecule has 0 bridgehead atoms. The summed E-state index contributed by atoms with van der Waals surface area (Å²) in [5.74, 6) is 0. The molecule has 0 saturated carbocycles. The lowest BCUT2D eigenvalue weighted by Gasteiger charge is -2.02. The summed E-state index contributed by atoms with van der Waals surface area (Å²) in [6.07, 6.45) is 3.16.